The maximum absolute atomic E-state index is 12.5. The maximum Gasteiger partial charge on any atom is 0.396 e. The quantitative estimate of drug-likeness (QED) is 0.522. The molecule has 0 fully saturated rings. The van der Waals surface area contributed by atoms with E-state index in [-0.39, 0.29) is 5.78 Å². The van der Waals surface area contributed by atoms with Crippen molar-refractivity contribution in [2.24, 2.45) is 0 Å². The van der Waals surface area contributed by atoms with E-state index in [9.17, 15) is 9.59 Å². The van der Waals surface area contributed by atoms with E-state index < -0.39 is 4.94 Å². The molecule has 0 aliphatic heterocycles. The Balaban J connectivity index is 1.91. The third-order valence-corrected chi connectivity index (χ3v) is 4.25. The normalized spacial score (nSPS) is 11.1. The predicted octanol–water partition coefficient (Wildman–Crippen LogP) is 3.77. The van der Waals surface area contributed by atoms with E-state index in [0.717, 1.165) is 22.6 Å². The number of ketones is 1. The predicted molar refractivity (Wildman–Crippen MR) is 93.3 cm³/mol. The molecule has 0 unspecified atom stereocenters. The van der Waals surface area contributed by atoms with Crippen molar-refractivity contribution in [3.05, 3.63) is 63.3 Å². The first-order valence-corrected chi connectivity index (χ1v) is 7.90. The number of rotatable bonds is 5. The molecular formula is C18H14O5S. The zero-order valence-electron chi connectivity index (χ0n) is 13.1. The van der Waals surface area contributed by atoms with Crippen LogP contribution in [0.25, 0.3) is 16.4 Å². The van der Waals surface area contributed by atoms with E-state index in [2.05, 4.69) is 0 Å². The average Bonchev–Trinajstić information content (AvgIpc) is 2.97. The van der Waals surface area contributed by atoms with E-state index in [1.165, 1.54) is 19.3 Å². The molecule has 0 aliphatic rings. The molecule has 0 radical (unpaired) electrons. The Morgan fingerprint density at radius 2 is 1.88 bits per heavy atom. The van der Waals surface area contributed by atoms with Gasteiger partial charge in [-0.2, -0.15) is 0 Å². The highest BCUT2D eigenvalue weighted by Crippen LogP contribution is 2.28. The van der Waals surface area contributed by atoms with Gasteiger partial charge in [0, 0.05) is 6.07 Å². The summed E-state index contributed by atoms with van der Waals surface area (Å²) in [7, 11) is 3.08. The van der Waals surface area contributed by atoms with Crippen LogP contribution in [0.1, 0.15) is 15.9 Å². The molecule has 3 aromatic rings. The number of hydrogen-bond acceptors (Lipinski definition) is 6. The highest BCUT2D eigenvalue weighted by Gasteiger charge is 2.14. The van der Waals surface area contributed by atoms with Gasteiger partial charge in [-0.25, -0.2) is 4.79 Å². The van der Waals surface area contributed by atoms with Crippen LogP contribution in [0.2, 0.25) is 0 Å². The number of carbonyl (C=O) groups excluding carboxylic acids is 1. The zero-order valence-corrected chi connectivity index (χ0v) is 13.9. The lowest BCUT2D eigenvalue weighted by molar-refractivity contribution is 0.104. The van der Waals surface area contributed by atoms with Crippen LogP contribution in [0.3, 0.4) is 0 Å². The van der Waals surface area contributed by atoms with Crippen LogP contribution in [0, 0.1) is 0 Å². The van der Waals surface area contributed by atoms with Crippen LogP contribution in [0.4, 0.5) is 0 Å². The minimum Gasteiger partial charge on any atom is -0.497 e. The van der Waals surface area contributed by atoms with Crippen LogP contribution >= 0.6 is 11.3 Å². The SMILES string of the molecule is COc1ccc(/C=C/C(=O)c2cc3oc(=O)sc3cc2OC)cc1. The van der Waals surface area contributed by atoms with Gasteiger partial charge in [0.05, 0.1) is 24.5 Å². The Kier molecular flexibility index (Phi) is 4.48. The Hall–Kier alpha value is -2.86. The van der Waals surface area contributed by atoms with Gasteiger partial charge in [-0.1, -0.05) is 29.5 Å². The molecule has 0 atom stereocenters. The summed E-state index contributed by atoms with van der Waals surface area (Å²) < 4.78 is 16.1. The lowest BCUT2D eigenvalue weighted by Crippen LogP contribution is -1.98. The van der Waals surface area contributed by atoms with Crippen molar-refractivity contribution in [2.75, 3.05) is 14.2 Å². The molecule has 1 aromatic heterocycles. The van der Waals surface area contributed by atoms with Crippen LogP contribution < -0.4 is 14.4 Å². The van der Waals surface area contributed by atoms with Crippen LogP contribution in [0.15, 0.2) is 51.7 Å². The number of benzene rings is 2. The van der Waals surface area contributed by atoms with Gasteiger partial charge in [0.15, 0.2) is 11.4 Å². The van der Waals surface area contributed by atoms with Gasteiger partial charge in [-0.15, -0.1) is 0 Å². The summed E-state index contributed by atoms with van der Waals surface area (Å²) in [5.41, 5.74) is 1.59. The minimum absolute atomic E-state index is 0.238. The largest absolute Gasteiger partial charge is 0.497 e. The number of fused-ring (bicyclic) bond motifs is 1. The molecule has 2 aromatic carbocycles. The molecule has 0 saturated carbocycles. The lowest BCUT2D eigenvalue weighted by atomic mass is 10.1. The molecule has 0 amide bonds. The fraction of sp³-hybridized carbons (Fsp3) is 0.111. The first kappa shape index (κ1) is 16.0. The van der Waals surface area contributed by atoms with Crippen molar-refractivity contribution in [1.82, 2.24) is 0 Å². The van der Waals surface area contributed by atoms with E-state index in [1.54, 1.807) is 19.3 Å². The smallest absolute Gasteiger partial charge is 0.396 e. The van der Waals surface area contributed by atoms with E-state index >= 15 is 0 Å². The minimum atomic E-state index is -0.412. The summed E-state index contributed by atoms with van der Waals surface area (Å²) in [4.78, 5) is 23.4. The summed E-state index contributed by atoms with van der Waals surface area (Å²) in [6, 6.07) is 10.5. The first-order valence-electron chi connectivity index (χ1n) is 7.09. The third kappa shape index (κ3) is 3.23. The standard InChI is InChI=1S/C18H14O5S/c1-21-12-6-3-11(4-7-12)5-8-14(19)13-9-16-17(10-15(13)22-2)24-18(20)23-16/h3-10H,1-2H3/b8-5+. The molecule has 1 heterocycles. The monoisotopic (exact) mass is 342 g/mol. The Morgan fingerprint density at radius 1 is 1.12 bits per heavy atom. The van der Waals surface area contributed by atoms with Gasteiger partial charge < -0.3 is 13.9 Å². The maximum atomic E-state index is 12.5. The molecule has 122 valence electrons. The third-order valence-electron chi connectivity index (χ3n) is 3.46. The van der Waals surface area contributed by atoms with Gasteiger partial charge in [0.2, 0.25) is 0 Å². The second-order valence-electron chi connectivity index (χ2n) is 4.92. The molecule has 5 nitrogen and oxygen atoms in total. The molecule has 24 heavy (non-hydrogen) atoms. The molecule has 6 heteroatoms. The fourth-order valence-corrected chi connectivity index (χ4v) is 2.92. The number of ether oxygens (including phenoxy) is 2. The second kappa shape index (κ2) is 6.72. The second-order valence-corrected chi connectivity index (χ2v) is 5.90. The van der Waals surface area contributed by atoms with Crippen molar-refractivity contribution >= 4 is 33.5 Å². The Labute approximate surface area is 141 Å². The average molecular weight is 342 g/mol. The molecule has 0 N–H and O–H groups in total. The number of carbonyl (C=O) groups is 1. The van der Waals surface area contributed by atoms with Gasteiger partial charge in [0.1, 0.15) is 11.5 Å². The first-order chi connectivity index (χ1) is 11.6. The summed E-state index contributed by atoms with van der Waals surface area (Å²) >= 11 is 0.972. The lowest BCUT2D eigenvalue weighted by Gasteiger charge is -2.05. The Morgan fingerprint density at radius 3 is 2.54 bits per heavy atom. The van der Waals surface area contributed by atoms with Crippen LogP contribution in [0.5, 0.6) is 11.5 Å². The van der Waals surface area contributed by atoms with E-state index in [1.807, 2.05) is 24.3 Å². The number of allylic oxidation sites excluding steroid dienone is 1. The Bertz CT molecular complexity index is 963. The number of hydrogen-bond donors (Lipinski definition) is 0. The van der Waals surface area contributed by atoms with Gasteiger partial charge in [-0.3, -0.25) is 4.79 Å². The van der Waals surface area contributed by atoms with Crippen molar-refractivity contribution in [3.8, 4) is 11.5 Å². The van der Waals surface area contributed by atoms with Crippen molar-refractivity contribution in [3.63, 3.8) is 0 Å². The fourth-order valence-electron chi connectivity index (χ4n) is 2.24. The van der Waals surface area contributed by atoms with E-state index in [4.69, 9.17) is 13.9 Å². The molecule has 3 rings (SSSR count). The number of methoxy groups -OCH3 is 2. The van der Waals surface area contributed by atoms with Crippen molar-refractivity contribution in [2.45, 2.75) is 0 Å². The topological polar surface area (TPSA) is 65.7 Å². The van der Waals surface area contributed by atoms with Gasteiger partial charge in [-0.05, 0) is 29.8 Å². The molecule has 0 aliphatic carbocycles. The summed E-state index contributed by atoms with van der Waals surface area (Å²) in [6.45, 7) is 0. The van der Waals surface area contributed by atoms with E-state index in [0.29, 0.717) is 21.6 Å². The zero-order chi connectivity index (χ0) is 17.1. The molecule has 0 spiro atoms. The highest BCUT2D eigenvalue weighted by molar-refractivity contribution is 7.16. The van der Waals surface area contributed by atoms with Crippen LogP contribution in [-0.4, -0.2) is 20.0 Å². The molecule has 0 saturated heterocycles. The van der Waals surface area contributed by atoms with Crippen LogP contribution in [-0.2, 0) is 0 Å². The molecule has 0 bridgehead atoms. The summed E-state index contributed by atoms with van der Waals surface area (Å²) in [5, 5.41) is 0. The summed E-state index contributed by atoms with van der Waals surface area (Å²) in [5.74, 6) is 0.917. The molecular weight excluding hydrogens is 328 g/mol. The highest BCUT2D eigenvalue weighted by atomic mass is 32.1. The van der Waals surface area contributed by atoms with Crippen molar-refractivity contribution in [1.29, 1.82) is 0 Å². The summed E-state index contributed by atoms with van der Waals surface area (Å²) in [6.07, 6.45) is 3.16. The van der Waals surface area contributed by atoms with Gasteiger partial charge >= 0.3 is 4.94 Å². The van der Waals surface area contributed by atoms with Crippen molar-refractivity contribution < 1.29 is 18.7 Å². The van der Waals surface area contributed by atoms with Gasteiger partial charge in [0.25, 0.3) is 0 Å².